The predicted octanol–water partition coefficient (Wildman–Crippen LogP) is 3.80. The molecular formula is C18H16F2N4O2S. The average molecular weight is 390 g/mol. The van der Waals surface area contributed by atoms with E-state index in [0.717, 1.165) is 34.9 Å². The van der Waals surface area contributed by atoms with E-state index >= 15 is 0 Å². The zero-order chi connectivity index (χ0) is 19.0. The largest absolute Gasteiger partial charge is 0.339 e. The van der Waals surface area contributed by atoms with Crippen molar-refractivity contribution in [3.63, 3.8) is 0 Å². The number of thiazole rings is 1. The van der Waals surface area contributed by atoms with Crippen LogP contribution in [0.3, 0.4) is 0 Å². The van der Waals surface area contributed by atoms with Crippen molar-refractivity contribution in [1.29, 1.82) is 0 Å². The third-order valence-corrected chi connectivity index (χ3v) is 5.42. The lowest BCUT2D eigenvalue weighted by Crippen LogP contribution is -2.39. The molecule has 0 aliphatic carbocycles. The predicted molar refractivity (Wildman–Crippen MR) is 94.4 cm³/mol. The highest BCUT2D eigenvalue weighted by molar-refractivity contribution is 7.14. The van der Waals surface area contributed by atoms with Crippen LogP contribution in [0.5, 0.6) is 0 Å². The summed E-state index contributed by atoms with van der Waals surface area (Å²) in [5.41, 5.74) is 0.126. The molecule has 3 aromatic rings. The van der Waals surface area contributed by atoms with Crippen molar-refractivity contribution in [2.75, 3.05) is 13.1 Å². The van der Waals surface area contributed by atoms with Crippen molar-refractivity contribution >= 4 is 17.2 Å². The maximum atomic E-state index is 13.4. The summed E-state index contributed by atoms with van der Waals surface area (Å²) in [5.74, 6) is -1.48. The fourth-order valence-electron chi connectivity index (χ4n) is 3.14. The first-order valence-electron chi connectivity index (χ1n) is 8.52. The Bertz CT molecular complexity index is 987. The number of hydrogen-bond donors (Lipinski definition) is 0. The first-order valence-corrected chi connectivity index (χ1v) is 9.33. The molecule has 9 heteroatoms. The van der Waals surface area contributed by atoms with Crippen molar-refractivity contribution < 1.29 is 18.1 Å². The molecule has 1 atom stereocenters. The number of amides is 1. The number of halogens is 2. The Morgan fingerprint density at radius 1 is 1.33 bits per heavy atom. The van der Waals surface area contributed by atoms with E-state index in [2.05, 4.69) is 15.1 Å². The quantitative estimate of drug-likeness (QED) is 0.680. The van der Waals surface area contributed by atoms with Crippen molar-refractivity contribution in [1.82, 2.24) is 20.0 Å². The number of carbonyl (C=O) groups excluding carboxylic acids is 1. The topological polar surface area (TPSA) is 72.1 Å². The first kappa shape index (κ1) is 17.7. The molecule has 1 unspecified atom stereocenters. The average Bonchev–Trinajstić information content (AvgIpc) is 3.32. The third kappa shape index (κ3) is 3.59. The van der Waals surface area contributed by atoms with Gasteiger partial charge in [0.2, 0.25) is 11.7 Å². The fraction of sp³-hybridized carbons (Fsp3) is 0.333. The van der Waals surface area contributed by atoms with Gasteiger partial charge in [-0.3, -0.25) is 4.79 Å². The summed E-state index contributed by atoms with van der Waals surface area (Å²) in [6.45, 7) is 2.84. The minimum absolute atomic E-state index is 0.0942. The van der Waals surface area contributed by atoms with Crippen LogP contribution >= 0.6 is 11.3 Å². The Morgan fingerprint density at radius 2 is 2.19 bits per heavy atom. The van der Waals surface area contributed by atoms with Gasteiger partial charge in [-0.2, -0.15) is 4.98 Å². The lowest BCUT2D eigenvalue weighted by molar-refractivity contribution is 0.0695. The van der Waals surface area contributed by atoms with Crippen LogP contribution in [0.15, 0.2) is 28.9 Å². The van der Waals surface area contributed by atoms with Gasteiger partial charge in [0, 0.05) is 24.8 Å². The monoisotopic (exact) mass is 390 g/mol. The molecule has 1 amide bonds. The second-order valence-electron chi connectivity index (χ2n) is 6.42. The number of hydrogen-bond acceptors (Lipinski definition) is 6. The Balaban J connectivity index is 1.50. The standard InChI is InChI=1S/C18H16F2N4O2S/c1-10-21-8-15(27-10)16-22-17(26-23-16)12-3-2-6-24(9-12)18(25)11-4-5-13(19)14(20)7-11/h4-5,7-8,12H,2-3,6,9H2,1H3. The summed E-state index contributed by atoms with van der Waals surface area (Å²) in [7, 11) is 0. The highest BCUT2D eigenvalue weighted by Crippen LogP contribution is 2.30. The third-order valence-electron chi connectivity index (χ3n) is 4.51. The minimum Gasteiger partial charge on any atom is -0.339 e. The van der Waals surface area contributed by atoms with E-state index in [1.807, 2.05) is 6.92 Å². The maximum Gasteiger partial charge on any atom is 0.253 e. The van der Waals surface area contributed by atoms with Crippen LogP contribution in [-0.2, 0) is 0 Å². The second-order valence-corrected chi connectivity index (χ2v) is 7.65. The molecule has 140 valence electrons. The van der Waals surface area contributed by atoms with Crippen LogP contribution in [0.4, 0.5) is 8.78 Å². The lowest BCUT2D eigenvalue weighted by atomic mass is 9.97. The van der Waals surface area contributed by atoms with Gasteiger partial charge in [-0.25, -0.2) is 13.8 Å². The van der Waals surface area contributed by atoms with Crippen LogP contribution in [0.2, 0.25) is 0 Å². The molecule has 4 rings (SSSR count). The molecular weight excluding hydrogens is 374 g/mol. The highest BCUT2D eigenvalue weighted by atomic mass is 32.1. The van der Waals surface area contributed by atoms with Gasteiger partial charge in [-0.1, -0.05) is 5.16 Å². The molecule has 1 aliphatic heterocycles. The van der Waals surface area contributed by atoms with E-state index in [-0.39, 0.29) is 17.4 Å². The van der Waals surface area contributed by atoms with Gasteiger partial charge in [0.05, 0.1) is 15.8 Å². The van der Waals surface area contributed by atoms with E-state index in [1.54, 1.807) is 11.1 Å². The number of piperidine rings is 1. The highest BCUT2D eigenvalue weighted by Gasteiger charge is 2.29. The maximum absolute atomic E-state index is 13.4. The van der Waals surface area contributed by atoms with Crippen molar-refractivity contribution in [2.45, 2.75) is 25.7 Å². The Kier molecular flexibility index (Phi) is 4.69. The first-order chi connectivity index (χ1) is 13.0. The SMILES string of the molecule is Cc1ncc(-c2noc(C3CCCN(C(=O)c4ccc(F)c(F)c4)C3)n2)s1. The van der Waals surface area contributed by atoms with Gasteiger partial charge >= 0.3 is 0 Å². The smallest absolute Gasteiger partial charge is 0.253 e. The summed E-state index contributed by atoms with van der Waals surface area (Å²) < 4.78 is 31.9. The number of nitrogens with zero attached hydrogens (tertiary/aromatic N) is 4. The van der Waals surface area contributed by atoms with Crippen LogP contribution in [0.1, 0.15) is 40.0 Å². The Morgan fingerprint density at radius 3 is 2.93 bits per heavy atom. The van der Waals surface area contributed by atoms with Crippen LogP contribution in [-0.4, -0.2) is 39.0 Å². The van der Waals surface area contributed by atoms with Gasteiger partial charge in [-0.05, 0) is 38.0 Å². The fourth-order valence-corrected chi connectivity index (χ4v) is 3.84. The Labute approximate surface area is 157 Å². The molecule has 2 aromatic heterocycles. The van der Waals surface area contributed by atoms with Gasteiger partial charge in [0.1, 0.15) is 0 Å². The van der Waals surface area contributed by atoms with Crippen molar-refractivity contribution in [3.8, 4) is 10.7 Å². The number of aromatic nitrogens is 3. The second kappa shape index (κ2) is 7.15. The Hall–Kier alpha value is -2.68. The van der Waals surface area contributed by atoms with Crippen molar-refractivity contribution in [3.05, 3.63) is 52.5 Å². The molecule has 0 radical (unpaired) electrons. The molecule has 0 N–H and O–H groups in total. The van der Waals surface area contributed by atoms with Gasteiger partial charge < -0.3 is 9.42 Å². The summed E-state index contributed by atoms with van der Waals surface area (Å²) in [5, 5.41) is 4.93. The minimum atomic E-state index is -1.03. The molecule has 6 nitrogen and oxygen atoms in total. The summed E-state index contributed by atoms with van der Waals surface area (Å²) >= 11 is 1.48. The van der Waals surface area contributed by atoms with E-state index < -0.39 is 11.6 Å². The number of likely N-dealkylation sites (tertiary alicyclic amines) is 1. The molecule has 0 saturated carbocycles. The molecule has 1 aliphatic rings. The number of carbonyl (C=O) groups is 1. The summed E-state index contributed by atoms with van der Waals surface area (Å²) in [6.07, 6.45) is 3.27. The molecule has 3 heterocycles. The molecule has 0 bridgehead atoms. The molecule has 1 aromatic carbocycles. The zero-order valence-electron chi connectivity index (χ0n) is 14.5. The number of rotatable bonds is 3. The molecule has 1 fully saturated rings. The molecule has 27 heavy (non-hydrogen) atoms. The van der Waals surface area contributed by atoms with Crippen LogP contribution in [0, 0.1) is 18.6 Å². The van der Waals surface area contributed by atoms with Gasteiger partial charge in [-0.15, -0.1) is 11.3 Å². The van der Waals surface area contributed by atoms with Crippen LogP contribution in [0.25, 0.3) is 10.7 Å². The van der Waals surface area contributed by atoms with Gasteiger partial charge in [0.15, 0.2) is 11.6 Å². The zero-order valence-corrected chi connectivity index (χ0v) is 15.3. The summed E-state index contributed by atoms with van der Waals surface area (Å²) in [6, 6.07) is 3.19. The van der Waals surface area contributed by atoms with Gasteiger partial charge in [0.25, 0.3) is 5.91 Å². The molecule has 1 saturated heterocycles. The van der Waals surface area contributed by atoms with E-state index in [0.29, 0.717) is 24.8 Å². The van der Waals surface area contributed by atoms with Crippen LogP contribution < -0.4 is 0 Å². The van der Waals surface area contributed by atoms with E-state index in [9.17, 15) is 13.6 Å². The van der Waals surface area contributed by atoms with E-state index in [1.165, 1.54) is 17.4 Å². The lowest BCUT2D eigenvalue weighted by Gasteiger charge is -2.31. The number of aryl methyl sites for hydroxylation is 1. The number of benzene rings is 1. The summed E-state index contributed by atoms with van der Waals surface area (Å²) in [4.78, 5) is 23.7. The molecule has 0 spiro atoms. The van der Waals surface area contributed by atoms with E-state index in [4.69, 9.17) is 4.52 Å². The normalized spacial score (nSPS) is 17.3. The van der Waals surface area contributed by atoms with Crippen molar-refractivity contribution in [2.24, 2.45) is 0 Å².